The first-order chi connectivity index (χ1) is 8.06. The van der Waals surface area contributed by atoms with Gasteiger partial charge in [0.25, 0.3) is 5.91 Å². The molecule has 0 bridgehead atoms. The van der Waals surface area contributed by atoms with Crippen LogP contribution in [0.1, 0.15) is 25.0 Å². The molecule has 1 atom stereocenters. The van der Waals surface area contributed by atoms with Crippen LogP contribution in [-0.4, -0.2) is 18.6 Å². The fourth-order valence-corrected chi connectivity index (χ4v) is 1.32. The van der Waals surface area contributed by atoms with Gasteiger partial charge in [-0.2, -0.15) is 0 Å². The minimum absolute atomic E-state index is 0.284. The summed E-state index contributed by atoms with van der Waals surface area (Å²) in [5.74, 6) is 0.442. The Morgan fingerprint density at radius 1 is 1.41 bits per heavy atom. The van der Waals surface area contributed by atoms with Crippen LogP contribution in [0.5, 0.6) is 5.75 Å². The van der Waals surface area contributed by atoms with E-state index < -0.39 is 6.10 Å². The Labute approximate surface area is 102 Å². The number of benzene rings is 1. The Kier molecular flexibility index (Phi) is 4.97. The first kappa shape index (κ1) is 13.5. The second-order valence-electron chi connectivity index (χ2n) is 3.86. The van der Waals surface area contributed by atoms with Crippen LogP contribution in [0.4, 0.5) is 0 Å². The summed E-state index contributed by atoms with van der Waals surface area (Å²) in [6.07, 6.45) is -0.581. The van der Waals surface area contributed by atoms with E-state index in [1.165, 1.54) is 0 Å². The van der Waals surface area contributed by atoms with Gasteiger partial charge in [0.1, 0.15) is 5.75 Å². The first-order valence-corrected chi connectivity index (χ1v) is 5.70. The average Bonchev–Trinajstić information content (AvgIpc) is 2.31. The molecule has 4 heteroatoms. The molecule has 0 aliphatic heterocycles. The Morgan fingerprint density at radius 3 is 2.76 bits per heavy atom. The molecule has 0 aliphatic carbocycles. The summed E-state index contributed by atoms with van der Waals surface area (Å²) >= 11 is 0. The maximum absolute atomic E-state index is 11.5. The number of rotatable bonds is 5. The molecular weight excluding hydrogens is 218 g/mol. The predicted molar refractivity (Wildman–Crippen MR) is 65.8 cm³/mol. The molecule has 0 spiro atoms. The summed E-state index contributed by atoms with van der Waals surface area (Å²) in [4.78, 5) is 16.4. The maximum Gasteiger partial charge on any atom is 0.284 e. The first-order valence-electron chi connectivity index (χ1n) is 5.70. The molecule has 0 heterocycles. The van der Waals surface area contributed by atoms with E-state index in [4.69, 9.17) is 9.57 Å². The highest BCUT2D eigenvalue weighted by Gasteiger charge is 2.15. The van der Waals surface area contributed by atoms with Gasteiger partial charge in [0.2, 0.25) is 0 Å². The van der Waals surface area contributed by atoms with E-state index >= 15 is 0 Å². The molecular formula is C13H19NO3. The van der Waals surface area contributed by atoms with Crippen molar-refractivity contribution in [1.29, 1.82) is 0 Å². The van der Waals surface area contributed by atoms with Crippen LogP contribution in [0.3, 0.4) is 0 Å². The minimum Gasteiger partial charge on any atom is -0.481 e. The van der Waals surface area contributed by atoms with Gasteiger partial charge in [0.05, 0.1) is 6.61 Å². The molecule has 0 saturated heterocycles. The molecule has 17 heavy (non-hydrogen) atoms. The van der Waals surface area contributed by atoms with Crippen LogP contribution in [-0.2, 0) is 9.63 Å². The van der Waals surface area contributed by atoms with E-state index in [9.17, 15) is 4.79 Å². The molecule has 0 radical (unpaired) electrons. The summed E-state index contributed by atoms with van der Waals surface area (Å²) in [6.45, 7) is 7.90. The Bertz CT molecular complexity index is 390. The standard InChI is InChI=1S/C13H19NO3/c1-5-16-14-13(15)11(4)17-12-8-6-7-9(2)10(12)3/h6-8,11H,5H2,1-4H3,(H,14,15)/t11-/m1/s1. The third kappa shape index (κ3) is 3.75. The number of ether oxygens (including phenoxy) is 1. The number of nitrogens with one attached hydrogen (secondary N) is 1. The lowest BCUT2D eigenvalue weighted by Gasteiger charge is -2.16. The van der Waals surface area contributed by atoms with Crippen LogP contribution < -0.4 is 10.2 Å². The molecule has 1 amide bonds. The Hall–Kier alpha value is -1.55. The molecule has 1 aromatic rings. The van der Waals surface area contributed by atoms with Crippen molar-refractivity contribution < 1.29 is 14.4 Å². The van der Waals surface area contributed by atoms with Crippen LogP contribution >= 0.6 is 0 Å². The van der Waals surface area contributed by atoms with Gasteiger partial charge in [-0.3, -0.25) is 9.63 Å². The smallest absolute Gasteiger partial charge is 0.284 e. The lowest BCUT2D eigenvalue weighted by Crippen LogP contribution is -2.36. The van der Waals surface area contributed by atoms with Gasteiger partial charge < -0.3 is 4.74 Å². The van der Waals surface area contributed by atoms with Crippen molar-refractivity contribution in [2.75, 3.05) is 6.61 Å². The highest BCUT2D eigenvalue weighted by molar-refractivity contribution is 5.79. The fraction of sp³-hybridized carbons (Fsp3) is 0.462. The second kappa shape index (κ2) is 6.25. The van der Waals surface area contributed by atoms with Crippen molar-refractivity contribution in [3.8, 4) is 5.75 Å². The second-order valence-corrected chi connectivity index (χ2v) is 3.86. The van der Waals surface area contributed by atoms with E-state index in [0.717, 1.165) is 16.9 Å². The largest absolute Gasteiger partial charge is 0.481 e. The van der Waals surface area contributed by atoms with Crippen molar-refractivity contribution in [3.05, 3.63) is 29.3 Å². The van der Waals surface area contributed by atoms with Gasteiger partial charge >= 0.3 is 0 Å². The van der Waals surface area contributed by atoms with E-state index in [1.807, 2.05) is 32.0 Å². The number of hydrogen-bond acceptors (Lipinski definition) is 3. The van der Waals surface area contributed by atoms with Gasteiger partial charge in [-0.1, -0.05) is 12.1 Å². The Balaban J connectivity index is 2.64. The van der Waals surface area contributed by atoms with Crippen molar-refractivity contribution in [2.24, 2.45) is 0 Å². The summed E-state index contributed by atoms with van der Waals surface area (Å²) in [6, 6.07) is 5.77. The number of amides is 1. The average molecular weight is 237 g/mol. The summed E-state index contributed by atoms with van der Waals surface area (Å²) < 4.78 is 5.59. The topological polar surface area (TPSA) is 47.6 Å². The molecule has 94 valence electrons. The van der Waals surface area contributed by atoms with E-state index in [0.29, 0.717) is 6.61 Å². The molecule has 0 fully saturated rings. The number of carbonyl (C=O) groups excluding carboxylic acids is 1. The van der Waals surface area contributed by atoms with Crippen LogP contribution in [0.2, 0.25) is 0 Å². The van der Waals surface area contributed by atoms with Gasteiger partial charge in [0.15, 0.2) is 6.10 Å². The van der Waals surface area contributed by atoms with Crippen LogP contribution in [0, 0.1) is 13.8 Å². The highest BCUT2D eigenvalue weighted by atomic mass is 16.7. The van der Waals surface area contributed by atoms with E-state index in [-0.39, 0.29) is 5.91 Å². The lowest BCUT2D eigenvalue weighted by molar-refractivity contribution is -0.139. The van der Waals surface area contributed by atoms with Gasteiger partial charge in [-0.25, -0.2) is 5.48 Å². The zero-order valence-electron chi connectivity index (χ0n) is 10.7. The van der Waals surface area contributed by atoms with Crippen LogP contribution in [0.25, 0.3) is 0 Å². The third-order valence-electron chi connectivity index (χ3n) is 2.54. The number of carbonyl (C=O) groups is 1. The molecule has 1 rings (SSSR count). The summed E-state index contributed by atoms with van der Waals surface area (Å²) in [5.41, 5.74) is 4.51. The zero-order valence-corrected chi connectivity index (χ0v) is 10.7. The molecule has 1 N–H and O–H groups in total. The maximum atomic E-state index is 11.5. The molecule has 0 unspecified atom stereocenters. The molecule has 0 saturated carbocycles. The molecule has 4 nitrogen and oxygen atoms in total. The monoisotopic (exact) mass is 237 g/mol. The van der Waals surface area contributed by atoms with Crippen molar-refractivity contribution in [3.63, 3.8) is 0 Å². The Morgan fingerprint density at radius 2 is 2.12 bits per heavy atom. The number of hydroxylamine groups is 1. The van der Waals surface area contributed by atoms with Crippen LogP contribution in [0.15, 0.2) is 18.2 Å². The fourth-order valence-electron chi connectivity index (χ4n) is 1.32. The van der Waals surface area contributed by atoms with Crippen molar-refractivity contribution in [1.82, 2.24) is 5.48 Å². The van der Waals surface area contributed by atoms with E-state index in [2.05, 4.69) is 5.48 Å². The van der Waals surface area contributed by atoms with Crippen molar-refractivity contribution >= 4 is 5.91 Å². The van der Waals surface area contributed by atoms with Gasteiger partial charge in [-0.05, 0) is 44.9 Å². The highest BCUT2D eigenvalue weighted by Crippen LogP contribution is 2.21. The SMILES string of the molecule is CCONC(=O)[C@@H](C)Oc1cccc(C)c1C. The minimum atomic E-state index is -0.581. The van der Waals surface area contributed by atoms with E-state index in [1.54, 1.807) is 13.8 Å². The summed E-state index contributed by atoms with van der Waals surface area (Å²) in [7, 11) is 0. The molecule has 1 aromatic carbocycles. The third-order valence-corrected chi connectivity index (χ3v) is 2.54. The van der Waals surface area contributed by atoms with Crippen molar-refractivity contribution in [2.45, 2.75) is 33.8 Å². The summed E-state index contributed by atoms with van der Waals surface area (Å²) in [5, 5.41) is 0. The predicted octanol–water partition coefficient (Wildman–Crippen LogP) is 2.14. The molecule has 0 aliphatic rings. The number of hydrogen-bond donors (Lipinski definition) is 1. The lowest BCUT2D eigenvalue weighted by atomic mass is 10.1. The van der Waals surface area contributed by atoms with Gasteiger partial charge in [0, 0.05) is 0 Å². The zero-order chi connectivity index (χ0) is 12.8. The molecule has 0 aromatic heterocycles. The quantitative estimate of drug-likeness (QED) is 0.798. The number of aryl methyl sites for hydroxylation is 1. The normalized spacial score (nSPS) is 12.0. The van der Waals surface area contributed by atoms with Gasteiger partial charge in [-0.15, -0.1) is 0 Å².